The van der Waals surface area contributed by atoms with Crippen LogP contribution >= 0.6 is 11.6 Å². The average molecular weight is 380 g/mol. The minimum Gasteiger partial charge on any atom is -0.476 e. The molecule has 0 atom stereocenters. The topological polar surface area (TPSA) is 50.8 Å². The quantitative estimate of drug-likeness (QED) is 0.639. The van der Waals surface area contributed by atoms with E-state index in [0.717, 1.165) is 6.07 Å². The Hall–Kier alpha value is -2.72. The first-order valence-corrected chi connectivity index (χ1v) is 8.10. The van der Waals surface area contributed by atoms with Gasteiger partial charge < -0.3 is 4.74 Å². The van der Waals surface area contributed by atoms with Gasteiger partial charge in [0.2, 0.25) is 5.88 Å². The zero-order valence-electron chi connectivity index (χ0n) is 13.6. The minimum atomic E-state index is -4.53. The molecule has 2 aromatic carbocycles. The lowest BCUT2D eigenvalue weighted by Crippen LogP contribution is -2.12. The first-order valence-electron chi connectivity index (χ1n) is 7.72. The zero-order chi connectivity index (χ0) is 18.9. The van der Waals surface area contributed by atoms with Crippen molar-refractivity contribution in [3.8, 4) is 11.9 Å². The number of halogens is 4. The summed E-state index contributed by atoms with van der Waals surface area (Å²) in [5, 5.41) is 13.9. The van der Waals surface area contributed by atoms with Gasteiger partial charge in [0.25, 0.3) is 0 Å². The highest BCUT2D eigenvalue weighted by Crippen LogP contribution is 2.35. The third-order valence-corrected chi connectivity index (χ3v) is 4.06. The van der Waals surface area contributed by atoms with Crippen LogP contribution in [0.3, 0.4) is 0 Å². The number of nitriles is 1. The van der Waals surface area contributed by atoms with Gasteiger partial charge in [0.15, 0.2) is 0 Å². The number of aromatic nitrogens is 2. The smallest absolute Gasteiger partial charge is 0.416 e. The first kappa shape index (κ1) is 18.1. The van der Waals surface area contributed by atoms with Gasteiger partial charge in [-0.05, 0) is 42.8 Å². The number of nitrogens with zero attached hydrogens (tertiary/aromatic N) is 3. The zero-order valence-corrected chi connectivity index (χ0v) is 14.4. The maximum Gasteiger partial charge on any atom is 0.416 e. The maximum absolute atomic E-state index is 13.3. The van der Waals surface area contributed by atoms with E-state index in [4.69, 9.17) is 21.6 Å². The number of ether oxygens (including phenoxy) is 1. The molecule has 8 heteroatoms. The molecule has 1 heterocycles. The van der Waals surface area contributed by atoms with Crippen molar-refractivity contribution >= 4 is 22.5 Å². The normalized spacial score (nSPS) is 11.5. The van der Waals surface area contributed by atoms with Crippen molar-refractivity contribution in [3.63, 3.8) is 0 Å². The molecule has 0 unspecified atom stereocenters. The van der Waals surface area contributed by atoms with E-state index in [9.17, 15) is 13.2 Å². The van der Waals surface area contributed by atoms with Gasteiger partial charge in [-0.1, -0.05) is 17.7 Å². The second kappa shape index (κ2) is 6.89. The molecule has 0 spiro atoms. The van der Waals surface area contributed by atoms with Crippen molar-refractivity contribution in [2.24, 2.45) is 0 Å². The van der Waals surface area contributed by atoms with E-state index in [0.29, 0.717) is 23.1 Å². The van der Waals surface area contributed by atoms with Crippen LogP contribution < -0.4 is 4.74 Å². The minimum absolute atomic E-state index is 0.0139. The monoisotopic (exact) mass is 379 g/mol. The SMILES string of the molecule is CCOc1nn(Cc2ccc(Cl)cc2C(F)(F)F)c2ccc(C#N)cc12. The van der Waals surface area contributed by atoms with Crippen LogP contribution in [-0.4, -0.2) is 16.4 Å². The fourth-order valence-electron chi connectivity index (χ4n) is 2.69. The number of alkyl halides is 3. The molecule has 1 aromatic heterocycles. The van der Waals surface area contributed by atoms with Gasteiger partial charge >= 0.3 is 6.18 Å². The second-order valence-electron chi connectivity index (χ2n) is 5.54. The van der Waals surface area contributed by atoms with Crippen LogP contribution in [0.25, 0.3) is 10.9 Å². The van der Waals surface area contributed by atoms with Crippen LogP contribution in [0.5, 0.6) is 5.88 Å². The molecular weight excluding hydrogens is 367 g/mol. The van der Waals surface area contributed by atoms with E-state index in [1.54, 1.807) is 25.1 Å². The van der Waals surface area contributed by atoms with Crippen LogP contribution in [0, 0.1) is 11.3 Å². The third-order valence-electron chi connectivity index (χ3n) is 3.82. The molecule has 0 radical (unpaired) electrons. The second-order valence-corrected chi connectivity index (χ2v) is 5.98. The van der Waals surface area contributed by atoms with Gasteiger partial charge in [-0.25, -0.2) is 0 Å². The Morgan fingerprint density at radius 1 is 1.23 bits per heavy atom. The summed E-state index contributed by atoms with van der Waals surface area (Å²) in [6.45, 7) is 2.01. The van der Waals surface area contributed by atoms with E-state index in [1.807, 2.05) is 6.07 Å². The lowest BCUT2D eigenvalue weighted by Gasteiger charge is -2.13. The molecule has 134 valence electrons. The van der Waals surface area contributed by atoms with Crippen molar-refractivity contribution in [1.82, 2.24) is 9.78 Å². The average Bonchev–Trinajstić information content (AvgIpc) is 2.93. The van der Waals surface area contributed by atoms with Crippen LogP contribution in [-0.2, 0) is 12.7 Å². The first-order chi connectivity index (χ1) is 12.3. The van der Waals surface area contributed by atoms with Crippen LogP contribution in [0.2, 0.25) is 5.02 Å². The molecule has 3 aromatic rings. The maximum atomic E-state index is 13.3. The Labute approximate surface area is 152 Å². The molecule has 0 saturated carbocycles. The van der Waals surface area contributed by atoms with Gasteiger partial charge in [-0.15, -0.1) is 5.10 Å². The molecule has 0 amide bonds. The number of hydrogen-bond acceptors (Lipinski definition) is 3. The van der Waals surface area contributed by atoms with Crippen LogP contribution in [0.15, 0.2) is 36.4 Å². The van der Waals surface area contributed by atoms with Crippen LogP contribution in [0.4, 0.5) is 13.2 Å². The third kappa shape index (κ3) is 3.46. The highest BCUT2D eigenvalue weighted by molar-refractivity contribution is 6.30. The van der Waals surface area contributed by atoms with Gasteiger partial charge in [0, 0.05) is 5.02 Å². The summed E-state index contributed by atoms with van der Waals surface area (Å²) in [6.07, 6.45) is -4.53. The fraction of sp³-hybridized carbons (Fsp3) is 0.222. The highest BCUT2D eigenvalue weighted by Gasteiger charge is 2.33. The van der Waals surface area contributed by atoms with E-state index < -0.39 is 11.7 Å². The Kier molecular flexibility index (Phi) is 4.79. The van der Waals surface area contributed by atoms with Crippen molar-refractivity contribution in [3.05, 3.63) is 58.1 Å². The van der Waals surface area contributed by atoms with E-state index in [-0.39, 0.29) is 23.0 Å². The van der Waals surface area contributed by atoms with Crippen molar-refractivity contribution in [2.45, 2.75) is 19.6 Å². The number of rotatable bonds is 4. The van der Waals surface area contributed by atoms with Crippen molar-refractivity contribution in [2.75, 3.05) is 6.61 Å². The molecule has 0 aliphatic carbocycles. The largest absolute Gasteiger partial charge is 0.476 e. The molecule has 4 nitrogen and oxygen atoms in total. The van der Waals surface area contributed by atoms with Crippen LogP contribution in [0.1, 0.15) is 23.6 Å². The Balaban J connectivity index is 2.12. The fourth-order valence-corrected chi connectivity index (χ4v) is 2.87. The number of hydrogen-bond donors (Lipinski definition) is 0. The summed E-state index contributed by atoms with van der Waals surface area (Å²) >= 11 is 5.73. The molecule has 0 aliphatic heterocycles. The Morgan fingerprint density at radius 2 is 2.00 bits per heavy atom. The highest BCUT2D eigenvalue weighted by atomic mass is 35.5. The molecule has 0 aliphatic rings. The summed E-state index contributed by atoms with van der Waals surface area (Å²) in [6, 6.07) is 10.5. The molecule has 0 fully saturated rings. The predicted octanol–water partition coefficient (Wildman–Crippen LogP) is 5.03. The van der Waals surface area contributed by atoms with Gasteiger partial charge in [0.05, 0.1) is 41.3 Å². The van der Waals surface area contributed by atoms with Gasteiger partial charge in [-0.3, -0.25) is 4.68 Å². The lowest BCUT2D eigenvalue weighted by molar-refractivity contribution is -0.138. The molecule has 0 saturated heterocycles. The van der Waals surface area contributed by atoms with E-state index >= 15 is 0 Å². The molecule has 3 rings (SSSR count). The standard InChI is InChI=1S/C18H13ClF3N3O/c1-2-26-17-14-7-11(9-23)3-6-16(14)25(24-17)10-12-4-5-13(19)8-15(12)18(20,21)22/h3-8H,2,10H2,1H3. The number of benzene rings is 2. The van der Waals surface area contributed by atoms with E-state index in [1.165, 1.54) is 16.8 Å². The van der Waals surface area contributed by atoms with Gasteiger partial charge in [-0.2, -0.15) is 18.4 Å². The number of fused-ring (bicyclic) bond motifs is 1. The molecule has 0 N–H and O–H groups in total. The molecular formula is C18H13ClF3N3O. The Morgan fingerprint density at radius 3 is 2.65 bits per heavy atom. The summed E-state index contributed by atoms with van der Waals surface area (Å²) in [4.78, 5) is 0. The summed E-state index contributed by atoms with van der Waals surface area (Å²) < 4.78 is 46.9. The molecule has 0 bridgehead atoms. The summed E-state index contributed by atoms with van der Waals surface area (Å²) in [5.41, 5.74) is 0.231. The van der Waals surface area contributed by atoms with Crippen molar-refractivity contribution in [1.29, 1.82) is 5.26 Å². The summed E-state index contributed by atoms with van der Waals surface area (Å²) in [7, 11) is 0. The molecule has 26 heavy (non-hydrogen) atoms. The van der Waals surface area contributed by atoms with Crippen molar-refractivity contribution < 1.29 is 17.9 Å². The van der Waals surface area contributed by atoms with E-state index in [2.05, 4.69) is 5.10 Å². The summed E-state index contributed by atoms with van der Waals surface area (Å²) in [5.74, 6) is 0.280. The predicted molar refractivity (Wildman–Crippen MR) is 91.2 cm³/mol. The lowest BCUT2D eigenvalue weighted by atomic mass is 10.1. The Bertz CT molecular complexity index is 1010. The van der Waals surface area contributed by atoms with Gasteiger partial charge in [0.1, 0.15) is 0 Å².